The fraction of sp³-hybridized carbons (Fsp3) is 0.264. The fourth-order valence-corrected chi connectivity index (χ4v) is 17.8. The third-order valence-corrected chi connectivity index (χ3v) is 25.8. The number of aromatic amines is 5. The zero-order valence-corrected chi connectivity index (χ0v) is 81.2. The summed E-state index contributed by atoms with van der Waals surface area (Å²) in [4.78, 5) is 166. The van der Waals surface area contributed by atoms with Gasteiger partial charge in [0.2, 0.25) is 0 Å². The Bertz CT molecular complexity index is 8450. The van der Waals surface area contributed by atoms with Gasteiger partial charge in [0, 0.05) is 32.7 Å². The number of hydrogen-bond donors (Lipinski definition) is 5. The first-order valence-electron chi connectivity index (χ1n) is 46.9. The summed E-state index contributed by atoms with van der Waals surface area (Å²) in [6.45, 7) is 35.1. The average molecular weight is 1890 g/mol. The molecule has 0 radical (unpaired) electrons. The summed E-state index contributed by atoms with van der Waals surface area (Å²) < 4.78 is 35.3. The molecule has 0 bridgehead atoms. The van der Waals surface area contributed by atoms with Crippen LogP contribution in [0.3, 0.4) is 0 Å². The van der Waals surface area contributed by atoms with Gasteiger partial charge in [0.1, 0.15) is 17.1 Å². The molecule has 716 valence electrons. The van der Waals surface area contributed by atoms with E-state index in [1.807, 2.05) is 148 Å². The van der Waals surface area contributed by atoms with E-state index >= 15 is 0 Å². The van der Waals surface area contributed by atoms with Crippen LogP contribution in [0.5, 0.6) is 0 Å². The maximum Gasteiger partial charge on any atom is 0.349 e. The monoisotopic (exact) mass is 1890 g/mol. The van der Waals surface area contributed by atoms with E-state index in [1.165, 1.54) is 51.6 Å². The van der Waals surface area contributed by atoms with Crippen LogP contribution in [0.1, 0.15) is 138 Å². The van der Waals surface area contributed by atoms with Crippen LogP contribution < -0.4 is 66.3 Å². The number of benzene rings is 10. The number of fused-ring (bicyclic) bond motifs is 10. The first-order valence-corrected chi connectivity index (χ1v) is 46.9. The molecular formula is C110H108F2N20O9. The minimum Gasteiger partial charge on any atom is -0.322 e. The highest BCUT2D eigenvalue weighted by atomic mass is 19.1. The van der Waals surface area contributed by atoms with Gasteiger partial charge in [0.05, 0.1) is 55.5 Å². The zero-order chi connectivity index (χ0) is 100. The Morgan fingerprint density at radius 3 is 1.04 bits per heavy atom. The number of H-pyrrole nitrogens is 5. The second-order valence-electron chi connectivity index (χ2n) is 36.5. The predicted octanol–water partition coefficient (Wildman–Crippen LogP) is 15.7. The summed E-state index contributed by atoms with van der Waals surface area (Å²) in [6.07, 6.45) is 7.93. The molecule has 5 N–H and O–H groups in total. The molecule has 0 aliphatic carbocycles. The topological polar surface area (TPSA) is 384 Å². The minimum atomic E-state index is -0.693. The Hall–Kier alpha value is -16.5. The van der Waals surface area contributed by atoms with Gasteiger partial charge in [-0.05, 0) is 329 Å². The van der Waals surface area contributed by atoms with E-state index in [9.17, 15) is 51.9 Å². The quantitative estimate of drug-likeness (QED) is 0.0442. The first-order chi connectivity index (χ1) is 67.5. The van der Waals surface area contributed by atoms with E-state index in [-0.39, 0.29) is 51.2 Å². The lowest BCUT2D eigenvalue weighted by atomic mass is 10.0. The maximum absolute atomic E-state index is 13.9. The van der Waals surface area contributed by atoms with Crippen molar-refractivity contribution < 1.29 is 8.78 Å². The summed E-state index contributed by atoms with van der Waals surface area (Å²) in [5, 5.41) is 0.286. The van der Waals surface area contributed by atoms with Crippen molar-refractivity contribution in [3.05, 3.63) is 398 Å². The van der Waals surface area contributed by atoms with Crippen molar-refractivity contribution in [3.8, 4) is 46.1 Å². The largest absolute Gasteiger partial charge is 0.349 e. The van der Waals surface area contributed by atoms with E-state index in [0.29, 0.717) is 98.3 Å². The summed E-state index contributed by atoms with van der Waals surface area (Å²) in [6, 6.07) is 57.2. The predicted molar refractivity (Wildman–Crippen MR) is 548 cm³/mol. The Morgan fingerprint density at radius 2 is 0.652 bits per heavy atom. The molecule has 9 aliphatic rings. The summed E-state index contributed by atoms with van der Waals surface area (Å²) in [7, 11) is 0. The second-order valence-corrected chi connectivity index (χ2v) is 36.5. The lowest BCUT2D eigenvalue weighted by Gasteiger charge is -2.28. The highest BCUT2D eigenvalue weighted by Crippen LogP contribution is 2.38. The van der Waals surface area contributed by atoms with Gasteiger partial charge in [-0.3, -0.25) is 43.9 Å². The van der Waals surface area contributed by atoms with Crippen molar-refractivity contribution in [3.63, 3.8) is 0 Å². The van der Waals surface area contributed by atoms with Crippen LogP contribution in [0.2, 0.25) is 0 Å². The lowest BCUT2D eigenvalue weighted by molar-refractivity contribution is 0.604. The average Bonchev–Trinajstić information content (AvgIpc) is 0.772. The van der Waals surface area contributed by atoms with Gasteiger partial charge in [-0.2, -0.15) is 19.9 Å². The Morgan fingerprint density at radius 1 is 0.298 bits per heavy atom. The molecule has 9 aliphatic heterocycles. The molecule has 0 saturated carbocycles. The SMILES string of the molecule is C=c1nc2c(c(=O)[nH]1)=Nc1cc(C)c(C)cc1N2CCCc1ccccc1F.Cc1cc(F)cc(CCCn2c3nc(=O)[nH]c(=O)c-3nc3cc(C)c(C)cc32)c1.Cc1ccc(CCCn2c3nc(=O)[nH]c(=O)c-3nc3cc(C)c(C)cc32)cc1.Cc1cccc(CCCn2c3nc(=O)[nH]c(=O)c-3nc3cc(C)c(C)cc32)c1.Cc1cccc(CCCn2c3nc(=O)[nH]c(=O)c-3nc3cc(C)c(C)cc32)c1. The van der Waals surface area contributed by atoms with Crippen LogP contribution >= 0.6 is 0 Å². The molecule has 0 saturated heterocycles. The van der Waals surface area contributed by atoms with Crippen molar-refractivity contribution in [2.45, 2.75) is 187 Å². The number of aromatic nitrogens is 18. The van der Waals surface area contributed by atoms with E-state index < -0.39 is 45.0 Å². The van der Waals surface area contributed by atoms with Crippen molar-refractivity contribution >= 4 is 67.9 Å². The van der Waals surface area contributed by atoms with Gasteiger partial charge in [-0.25, -0.2) is 57.9 Å². The van der Waals surface area contributed by atoms with Crippen LogP contribution in [-0.2, 0) is 58.3 Å². The van der Waals surface area contributed by atoms with Crippen LogP contribution in [0, 0.1) is 109 Å². The number of halogens is 2. The van der Waals surface area contributed by atoms with Gasteiger partial charge in [0.15, 0.2) is 57.2 Å². The Labute approximate surface area is 807 Å². The fourth-order valence-electron chi connectivity index (χ4n) is 17.8. The van der Waals surface area contributed by atoms with Crippen LogP contribution in [-0.4, -0.2) is 94.6 Å². The van der Waals surface area contributed by atoms with Crippen molar-refractivity contribution in [2.75, 3.05) is 11.4 Å². The molecule has 0 atom stereocenters. The molecule has 10 heterocycles. The smallest absolute Gasteiger partial charge is 0.322 e. The first kappa shape index (κ1) is 97.6. The normalized spacial score (nSPS) is 11.6. The van der Waals surface area contributed by atoms with Gasteiger partial charge in [-0.1, -0.05) is 120 Å². The molecule has 31 heteroatoms. The third kappa shape index (κ3) is 22.2. The molecular weight excluding hydrogens is 1780 g/mol. The molecule has 11 aromatic rings. The van der Waals surface area contributed by atoms with Gasteiger partial charge < -0.3 is 28.2 Å². The number of hydrogen-bond acceptors (Lipinski definition) is 20. The van der Waals surface area contributed by atoms with Crippen molar-refractivity contribution in [2.24, 2.45) is 4.99 Å². The second kappa shape index (κ2) is 41.8. The van der Waals surface area contributed by atoms with Crippen LogP contribution in [0.15, 0.2) is 224 Å². The minimum absolute atomic E-state index is 0.141. The number of aryl methyl sites for hydroxylation is 23. The van der Waals surface area contributed by atoms with Gasteiger partial charge in [-0.15, -0.1) is 0 Å². The van der Waals surface area contributed by atoms with Crippen molar-refractivity contribution in [1.29, 1.82) is 0 Å². The zero-order valence-electron chi connectivity index (χ0n) is 81.2. The number of anilines is 2. The standard InChI is InChI=1S/C22H21FN4O2.C22H21FN4O.3C22H22N4O2/c1-12-7-15(11-16(23)8-12)5-4-6-27-18-10-14(3)13(2)9-17(18)24-19-20(27)25-22(29)26-21(19)28;1-13-11-18-19(12-14(13)2)27(10-6-8-16-7-4-5-9-17(16)23)21-20(26-18)22(28)25-15(3)24-21;2*1-13-6-4-7-16(10-13)8-5-9-26-18-12-15(3)14(2)11-17(18)23-19-20(26)24-22(28)25-21(19)27;1-13-6-8-16(9-7-13)5-4-10-26-18-12-15(3)14(2)11-17(18)23-19-20(26)24-22(28)25-21(19)27/h7-11H,4-6H2,1-3H3,(H,26,28,29);4-5,7,9,11-12H,3,6,8,10H2,1-2H3,(H,25,28);2*4,6-7,10-12H,5,8-9H2,1-3H3,(H,25,27,28);6-9,11-12H,4-5,10H2,1-3H3,(H,25,27,28). The van der Waals surface area contributed by atoms with Gasteiger partial charge in [0.25, 0.3) is 27.8 Å². The number of nitrogens with zero attached hydrogens (tertiary/aromatic N) is 15. The highest BCUT2D eigenvalue weighted by molar-refractivity contribution is 5.85. The maximum atomic E-state index is 13.9. The Balaban J connectivity index is 0.000000127. The lowest BCUT2D eigenvalue weighted by Crippen LogP contribution is -2.42. The molecule has 0 spiro atoms. The molecule has 0 unspecified atom stereocenters. The molecule has 141 heavy (non-hydrogen) atoms. The number of rotatable bonds is 20. The third-order valence-electron chi connectivity index (χ3n) is 25.8. The molecule has 20 rings (SSSR count). The summed E-state index contributed by atoms with van der Waals surface area (Å²) in [5.74, 6) is 1.35. The van der Waals surface area contributed by atoms with Gasteiger partial charge >= 0.3 is 22.8 Å². The molecule has 29 nitrogen and oxygen atoms in total. The van der Waals surface area contributed by atoms with E-state index in [1.54, 1.807) is 12.1 Å². The number of nitrogens with one attached hydrogen (secondary N) is 5. The van der Waals surface area contributed by atoms with E-state index in [4.69, 9.17) is 0 Å². The highest BCUT2D eigenvalue weighted by Gasteiger charge is 2.28. The molecule has 1 aromatic heterocycles. The van der Waals surface area contributed by atoms with Crippen LogP contribution in [0.25, 0.3) is 96.8 Å². The summed E-state index contributed by atoms with van der Waals surface area (Å²) in [5.41, 5.74) is 25.1. The summed E-state index contributed by atoms with van der Waals surface area (Å²) >= 11 is 0. The van der Waals surface area contributed by atoms with E-state index in [0.717, 1.165) is 155 Å². The Kier molecular flexibility index (Phi) is 29.0. The van der Waals surface area contributed by atoms with E-state index in [2.05, 4.69) is 199 Å². The molecule has 0 fully saturated rings. The molecule has 10 aromatic carbocycles. The van der Waals surface area contributed by atoms with Crippen LogP contribution in [0.4, 0.5) is 26.0 Å². The van der Waals surface area contributed by atoms with Crippen molar-refractivity contribution in [1.82, 2.24) is 88.0 Å². The molecule has 0 amide bonds.